The minimum atomic E-state index is -0.552. The third-order valence-electron chi connectivity index (χ3n) is 5.33. The molecule has 0 fully saturated rings. The molecule has 1 nitrogen and oxygen atoms in total. The topological polar surface area (TPSA) is 3.01 Å². The van der Waals surface area contributed by atoms with Crippen molar-refractivity contribution in [2.24, 2.45) is 0 Å². The van der Waals surface area contributed by atoms with E-state index in [0.717, 1.165) is 28.3 Å². The van der Waals surface area contributed by atoms with Crippen molar-refractivity contribution in [2.45, 2.75) is 33.1 Å². The number of hydrogen-bond donors (Lipinski definition) is 0. The van der Waals surface area contributed by atoms with Gasteiger partial charge < -0.3 is 0 Å². The monoisotopic (exact) mass is 323 g/mol. The molecule has 0 bridgehead atoms. The van der Waals surface area contributed by atoms with Crippen molar-refractivity contribution >= 4 is 12.8 Å². The highest BCUT2D eigenvalue weighted by atomic mass is 19.1. The van der Waals surface area contributed by atoms with Crippen LogP contribution in [0.2, 0.25) is 0 Å². The van der Waals surface area contributed by atoms with Crippen LogP contribution in [0.3, 0.4) is 0 Å². The predicted octanol–water partition coefficient (Wildman–Crippen LogP) is 4.85. The summed E-state index contributed by atoms with van der Waals surface area (Å²) in [6, 6.07) is 5.93. The van der Waals surface area contributed by atoms with Gasteiger partial charge in [-0.15, -0.1) is 0 Å². The zero-order valence-corrected chi connectivity index (χ0v) is 14.3. The first-order valence-electron chi connectivity index (χ1n) is 8.04. The molecule has 0 spiro atoms. The van der Waals surface area contributed by atoms with Gasteiger partial charge in [0.05, 0.1) is 6.72 Å². The summed E-state index contributed by atoms with van der Waals surface area (Å²) < 4.78 is 31.3. The molecule has 24 heavy (non-hydrogen) atoms. The van der Waals surface area contributed by atoms with E-state index in [1.165, 1.54) is 6.07 Å². The van der Waals surface area contributed by atoms with Crippen LogP contribution < -0.4 is 0 Å². The summed E-state index contributed by atoms with van der Waals surface area (Å²) in [5.41, 5.74) is 4.84. The van der Waals surface area contributed by atoms with Gasteiger partial charge >= 0.3 is 0 Å². The first-order chi connectivity index (χ1) is 11.2. The maximum absolute atomic E-state index is 14.8. The van der Waals surface area contributed by atoms with Crippen LogP contribution in [0.1, 0.15) is 52.8 Å². The fourth-order valence-electron chi connectivity index (χ4n) is 4.11. The van der Waals surface area contributed by atoms with Crippen LogP contribution in [0.5, 0.6) is 0 Å². The van der Waals surface area contributed by atoms with E-state index in [4.69, 9.17) is 0 Å². The Morgan fingerprint density at radius 1 is 1.08 bits per heavy atom. The van der Waals surface area contributed by atoms with Crippen LogP contribution in [0.25, 0.3) is 6.08 Å². The van der Waals surface area contributed by atoms with E-state index in [1.54, 1.807) is 29.8 Å². The number of benzene rings is 2. The van der Waals surface area contributed by atoms with Crippen LogP contribution in [0, 0.1) is 31.5 Å². The molecule has 0 unspecified atom stereocenters. The van der Waals surface area contributed by atoms with E-state index < -0.39 is 5.41 Å². The van der Waals surface area contributed by atoms with Crippen LogP contribution in [0.4, 0.5) is 8.78 Å². The van der Waals surface area contributed by atoms with Gasteiger partial charge in [0, 0.05) is 0 Å². The Hall–Kier alpha value is -2.42. The molecule has 0 saturated carbocycles. The minimum absolute atomic E-state index is 0.219. The summed E-state index contributed by atoms with van der Waals surface area (Å²) >= 11 is 0. The smallest absolute Gasteiger partial charge is 0.160 e. The van der Waals surface area contributed by atoms with Gasteiger partial charge in [0.15, 0.2) is 6.04 Å². The number of halogens is 2. The minimum Gasteiger partial charge on any atom is -0.243 e. The average molecular weight is 323 g/mol. The van der Waals surface area contributed by atoms with Gasteiger partial charge in [0.1, 0.15) is 17.8 Å². The molecular weight excluding hydrogens is 304 g/mol. The number of fused-ring (bicyclic) bond motifs is 2. The lowest BCUT2D eigenvalue weighted by Crippen LogP contribution is -2.36. The molecule has 1 heterocycles. The van der Waals surface area contributed by atoms with Crippen LogP contribution in [-0.4, -0.2) is 11.3 Å². The normalized spacial score (nSPS) is 16.9. The standard InChI is InChI=1S/C21H19F2N/c1-11-6-7-15(22)18-16(11)20-17-13(8-9-24(20)5)19(23)12(2)10-14(17)21(18,3)4/h6-10H,5H2,1-4H3. The van der Waals surface area contributed by atoms with Crippen LogP contribution in [-0.2, 0) is 5.41 Å². The molecule has 2 aliphatic rings. The zero-order valence-electron chi connectivity index (χ0n) is 14.3. The summed E-state index contributed by atoms with van der Waals surface area (Å²) in [6.45, 7) is 11.8. The first kappa shape index (κ1) is 15.1. The molecule has 4 rings (SSSR count). The van der Waals surface area contributed by atoms with E-state index in [1.807, 2.05) is 26.8 Å². The molecule has 0 amide bonds. The Labute approximate surface area is 141 Å². The first-order valence-corrected chi connectivity index (χ1v) is 8.04. The van der Waals surface area contributed by atoms with Crippen molar-refractivity contribution in [3.8, 4) is 0 Å². The Morgan fingerprint density at radius 2 is 1.79 bits per heavy atom. The molecule has 0 saturated heterocycles. The van der Waals surface area contributed by atoms with Crippen molar-refractivity contribution in [1.29, 1.82) is 0 Å². The Balaban J connectivity index is 2.22. The van der Waals surface area contributed by atoms with E-state index in [9.17, 15) is 8.78 Å². The lowest BCUT2D eigenvalue weighted by Gasteiger charge is -2.44. The number of nitrogens with zero attached hydrogens (tertiary/aromatic N) is 1. The SMILES string of the molecule is C=[N+]1C=Cc2c(F)c(C)cc3c2[C-]1c1c(C)ccc(F)c1C3(C)C. The van der Waals surface area contributed by atoms with Gasteiger partial charge in [-0.05, 0) is 52.3 Å². The van der Waals surface area contributed by atoms with Gasteiger partial charge in [-0.25, -0.2) is 13.4 Å². The highest BCUT2D eigenvalue weighted by Crippen LogP contribution is 2.51. The summed E-state index contributed by atoms with van der Waals surface area (Å²) in [6.07, 6.45) is 3.50. The Morgan fingerprint density at radius 3 is 2.50 bits per heavy atom. The van der Waals surface area contributed by atoms with Crippen LogP contribution >= 0.6 is 0 Å². The fourth-order valence-corrected chi connectivity index (χ4v) is 4.11. The molecule has 0 aromatic heterocycles. The molecule has 0 atom stereocenters. The molecule has 3 heteroatoms. The van der Waals surface area contributed by atoms with Gasteiger partial charge in [-0.1, -0.05) is 44.0 Å². The molecule has 2 aromatic rings. The Bertz CT molecular complexity index is 951. The summed E-state index contributed by atoms with van der Waals surface area (Å²) in [5, 5.41) is 0. The summed E-state index contributed by atoms with van der Waals surface area (Å²) in [4.78, 5) is 0. The molecular formula is C21H19F2N. The molecule has 122 valence electrons. The number of hydrogen-bond acceptors (Lipinski definition) is 0. The lowest BCUT2D eigenvalue weighted by atomic mass is 9.64. The number of rotatable bonds is 0. The average Bonchev–Trinajstić information content (AvgIpc) is 2.52. The second-order valence-electron chi connectivity index (χ2n) is 7.22. The van der Waals surface area contributed by atoms with Crippen LogP contribution in [0.15, 0.2) is 24.4 Å². The fraction of sp³-hybridized carbons (Fsp3) is 0.238. The van der Waals surface area contributed by atoms with Gasteiger partial charge in [0.25, 0.3) is 0 Å². The molecule has 1 aliphatic heterocycles. The summed E-state index contributed by atoms with van der Waals surface area (Å²) in [7, 11) is 0. The van der Waals surface area contributed by atoms with Gasteiger partial charge in [-0.3, -0.25) is 0 Å². The second kappa shape index (κ2) is 4.56. The van der Waals surface area contributed by atoms with Crippen molar-refractivity contribution in [1.82, 2.24) is 0 Å². The van der Waals surface area contributed by atoms with E-state index >= 15 is 0 Å². The van der Waals surface area contributed by atoms with Gasteiger partial charge in [0.2, 0.25) is 0 Å². The lowest BCUT2D eigenvalue weighted by molar-refractivity contribution is -0.418. The maximum Gasteiger partial charge on any atom is 0.160 e. The predicted molar refractivity (Wildman–Crippen MR) is 92.3 cm³/mol. The van der Waals surface area contributed by atoms with Crippen molar-refractivity contribution in [2.75, 3.05) is 0 Å². The van der Waals surface area contributed by atoms with Gasteiger partial charge in [-0.2, -0.15) is 0 Å². The third kappa shape index (κ3) is 1.67. The quantitative estimate of drug-likeness (QED) is 0.482. The third-order valence-corrected chi connectivity index (χ3v) is 5.33. The molecule has 1 aliphatic carbocycles. The van der Waals surface area contributed by atoms with Crippen molar-refractivity contribution in [3.05, 3.63) is 81.0 Å². The maximum atomic E-state index is 14.8. The molecule has 0 radical (unpaired) electrons. The highest BCUT2D eigenvalue weighted by molar-refractivity contribution is 5.73. The molecule has 0 N–H and O–H groups in total. The molecule has 2 aromatic carbocycles. The van der Waals surface area contributed by atoms with E-state index in [0.29, 0.717) is 16.7 Å². The van der Waals surface area contributed by atoms with E-state index in [-0.39, 0.29) is 11.6 Å². The largest absolute Gasteiger partial charge is 0.243 e. The Kier molecular flexibility index (Phi) is 2.88. The zero-order chi connectivity index (χ0) is 17.4. The van der Waals surface area contributed by atoms with Crippen molar-refractivity contribution in [3.63, 3.8) is 0 Å². The summed E-state index contributed by atoms with van der Waals surface area (Å²) in [5.74, 6) is -0.450. The highest BCUT2D eigenvalue weighted by Gasteiger charge is 2.43. The van der Waals surface area contributed by atoms with E-state index in [2.05, 4.69) is 6.72 Å². The number of aryl methyl sites for hydroxylation is 2. The second-order valence-corrected chi connectivity index (χ2v) is 7.22. The van der Waals surface area contributed by atoms with Crippen molar-refractivity contribution < 1.29 is 13.4 Å².